The van der Waals surface area contributed by atoms with Crippen molar-refractivity contribution in [1.29, 1.82) is 0 Å². The Morgan fingerprint density at radius 2 is 2.00 bits per heavy atom. The molecule has 4 rings (SSSR count). The molecule has 0 saturated heterocycles. The van der Waals surface area contributed by atoms with Crippen molar-refractivity contribution in [3.63, 3.8) is 0 Å². The zero-order chi connectivity index (χ0) is 16.1. The lowest BCUT2D eigenvalue weighted by Gasteiger charge is -2.44. The molecule has 3 aliphatic rings. The number of aliphatic hydroxyl groups is 1. The molecule has 4 heteroatoms. The van der Waals surface area contributed by atoms with E-state index in [1.807, 2.05) is 12.1 Å². The third kappa shape index (κ3) is 2.35. The number of hydrogen-bond donors (Lipinski definition) is 3. The summed E-state index contributed by atoms with van der Waals surface area (Å²) in [7, 11) is 0. The number of carbonyl (C=O) groups is 1. The molecule has 0 radical (unpaired) electrons. The summed E-state index contributed by atoms with van der Waals surface area (Å²) in [6, 6.07) is 5.48. The van der Waals surface area contributed by atoms with E-state index in [2.05, 4.69) is 5.32 Å². The molecular formula is C19H25NO3. The molecule has 1 unspecified atom stereocenters. The lowest BCUT2D eigenvalue weighted by Crippen LogP contribution is -2.51. The Hall–Kier alpha value is -1.55. The van der Waals surface area contributed by atoms with Gasteiger partial charge in [0, 0.05) is 12.0 Å². The van der Waals surface area contributed by atoms with E-state index in [0.717, 1.165) is 62.5 Å². The average Bonchev–Trinajstić information content (AvgIpc) is 3.32. The Bertz CT molecular complexity index is 632. The Balaban J connectivity index is 1.46. The molecule has 3 aliphatic carbocycles. The van der Waals surface area contributed by atoms with Crippen molar-refractivity contribution in [1.82, 2.24) is 5.32 Å². The number of amides is 1. The molecule has 0 heterocycles. The van der Waals surface area contributed by atoms with Crippen LogP contribution in [-0.2, 0) is 11.2 Å². The van der Waals surface area contributed by atoms with E-state index in [0.29, 0.717) is 12.3 Å². The van der Waals surface area contributed by atoms with Crippen molar-refractivity contribution in [3.8, 4) is 5.75 Å². The van der Waals surface area contributed by atoms with Crippen LogP contribution in [0.3, 0.4) is 0 Å². The quantitative estimate of drug-likeness (QED) is 0.800. The van der Waals surface area contributed by atoms with Gasteiger partial charge in [0.05, 0.1) is 11.5 Å². The molecule has 2 saturated carbocycles. The summed E-state index contributed by atoms with van der Waals surface area (Å²) in [6.07, 6.45) is 7.50. The van der Waals surface area contributed by atoms with Gasteiger partial charge in [0.2, 0.25) is 5.91 Å². The van der Waals surface area contributed by atoms with Gasteiger partial charge in [-0.3, -0.25) is 4.79 Å². The highest BCUT2D eigenvalue weighted by Gasteiger charge is 2.60. The third-order valence-electron chi connectivity index (χ3n) is 6.42. The molecule has 124 valence electrons. The summed E-state index contributed by atoms with van der Waals surface area (Å²) in [5.74, 6) is 0.186. The minimum absolute atomic E-state index is 0.0470. The van der Waals surface area contributed by atoms with E-state index in [9.17, 15) is 15.0 Å². The van der Waals surface area contributed by atoms with E-state index in [4.69, 9.17) is 0 Å². The highest BCUT2D eigenvalue weighted by molar-refractivity contribution is 5.84. The number of phenols is 1. The molecule has 0 bridgehead atoms. The summed E-state index contributed by atoms with van der Waals surface area (Å²) < 4.78 is 0. The van der Waals surface area contributed by atoms with Crippen LogP contribution in [-0.4, -0.2) is 28.3 Å². The number of hydrogen-bond acceptors (Lipinski definition) is 3. The lowest BCUT2D eigenvalue weighted by molar-refractivity contribution is -0.125. The fourth-order valence-corrected chi connectivity index (χ4v) is 4.48. The van der Waals surface area contributed by atoms with Crippen LogP contribution in [0, 0.1) is 5.41 Å². The predicted octanol–water partition coefficient (Wildman–Crippen LogP) is 2.62. The monoisotopic (exact) mass is 315 g/mol. The molecular weight excluding hydrogens is 290 g/mol. The van der Waals surface area contributed by atoms with Gasteiger partial charge in [0.1, 0.15) is 5.75 Å². The number of phenolic OH excluding ortho intramolecular Hbond substituents is 1. The van der Waals surface area contributed by atoms with Crippen LogP contribution in [0.4, 0.5) is 0 Å². The number of benzene rings is 1. The van der Waals surface area contributed by atoms with Crippen LogP contribution in [0.5, 0.6) is 5.75 Å². The maximum atomic E-state index is 12.7. The summed E-state index contributed by atoms with van der Waals surface area (Å²) >= 11 is 0. The van der Waals surface area contributed by atoms with E-state index in [1.165, 1.54) is 0 Å². The van der Waals surface area contributed by atoms with E-state index < -0.39 is 5.60 Å². The van der Waals surface area contributed by atoms with Crippen molar-refractivity contribution in [2.75, 3.05) is 6.54 Å². The number of carbonyl (C=O) groups excluding carboxylic acids is 1. The first-order chi connectivity index (χ1) is 11.0. The second kappa shape index (κ2) is 5.23. The predicted molar refractivity (Wildman–Crippen MR) is 87.3 cm³/mol. The smallest absolute Gasteiger partial charge is 0.227 e. The second-order valence-corrected chi connectivity index (χ2v) is 7.67. The van der Waals surface area contributed by atoms with E-state index in [1.54, 1.807) is 6.07 Å². The maximum absolute atomic E-state index is 12.7. The van der Waals surface area contributed by atoms with Gasteiger partial charge in [-0.2, -0.15) is 0 Å². The van der Waals surface area contributed by atoms with E-state index in [-0.39, 0.29) is 17.2 Å². The summed E-state index contributed by atoms with van der Waals surface area (Å²) in [5, 5.41) is 23.7. The standard InChI is InChI=1S/C19H25NO3/c21-16-7-2-4-13-14(16)5-1-6-15(13)17(22)20-12-18(10-11-18)19(23)8-3-9-19/h2,4,7,15,21,23H,1,3,5-6,8-12H2,(H,20,22). The molecule has 2 fully saturated rings. The van der Waals surface area contributed by atoms with Crippen molar-refractivity contribution in [2.24, 2.45) is 5.41 Å². The molecule has 0 spiro atoms. The summed E-state index contributed by atoms with van der Waals surface area (Å²) in [6.45, 7) is 0.590. The minimum Gasteiger partial charge on any atom is -0.508 e. The first-order valence-corrected chi connectivity index (χ1v) is 8.86. The molecule has 0 aliphatic heterocycles. The molecule has 0 aromatic heterocycles. The van der Waals surface area contributed by atoms with Crippen LogP contribution >= 0.6 is 0 Å². The van der Waals surface area contributed by atoms with Crippen LogP contribution in [0.25, 0.3) is 0 Å². The van der Waals surface area contributed by atoms with Gasteiger partial charge in [0.15, 0.2) is 0 Å². The third-order valence-corrected chi connectivity index (χ3v) is 6.42. The fraction of sp³-hybridized carbons (Fsp3) is 0.632. The Kier molecular flexibility index (Phi) is 3.41. The number of fused-ring (bicyclic) bond motifs is 1. The maximum Gasteiger partial charge on any atom is 0.227 e. The SMILES string of the molecule is O=C(NCC1(C2(O)CCC2)CC1)C1CCCc2c(O)cccc21. The number of aromatic hydroxyl groups is 1. The van der Waals surface area contributed by atoms with Gasteiger partial charge in [0.25, 0.3) is 0 Å². The zero-order valence-electron chi connectivity index (χ0n) is 13.5. The van der Waals surface area contributed by atoms with E-state index >= 15 is 0 Å². The summed E-state index contributed by atoms with van der Waals surface area (Å²) in [4.78, 5) is 12.7. The Labute approximate surface area is 136 Å². The molecule has 23 heavy (non-hydrogen) atoms. The van der Waals surface area contributed by atoms with Crippen LogP contribution < -0.4 is 5.32 Å². The number of rotatable bonds is 4. The molecule has 3 N–H and O–H groups in total. The molecule has 4 nitrogen and oxygen atoms in total. The van der Waals surface area contributed by atoms with Crippen molar-refractivity contribution < 1.29 is 15.0 Å². The average molecular weight is 315 g/mol. The molecule has 1 atom stereocenters. The van der Waals surface area contributed by atoms with Gasteiger partial charge < -0.3 is 15.5 Å². The van der Waals surface area contributed by atoms with Gasteiger partial charge >= 0.3 is 0 Å². The highest BCUT2D eigenvalue weighted by atomic mass is 16.3. The Morgan fingerprint density at radius 3 is 2.65 bits per heavy atom. The highest BCUT2D eigenvalue weighted by Crippen LogP contribution is 2.60. The van der Waals surface area contributed by atoms with Crippen LogP contribution in [0.2, 0.25) is 0 Å². The van der Waals surface area contributed by atoms with Crippen LogP contribution in [0.1, 0.15) is 62.0 Å². The van der Waals surface area contributed by atoms with Gasteiger partial charge in [-0.15, -0.1) is 0 Å². The molecule has 1 aromatic rings. The second-order valence-electron chi connectivity index (χ2n) is 7.67. The number of nitrogens with one attached hydrogen (secondary N) is 1. The van der Waals surface area contributed by atoms with Crippen molar-refractivity contribution in [2.45, 2.75) is 62.9 Å². The summed E-state index contributed by atoms with van der Waals surface area (Å²) in [5.41, 5.74) is 1.29. The normalized spacial score (nSPS) is 26.7. The fourth-order valence-electron chi connectivity index (χ4n) is 4.48. The Morgan fingerprint density at radius 1 is 1.22 bits per heavy atom. The largest absolute Gasteiger partial charge is 0.508 e. The zero-order valence-corrected chi connectivity index (χ0v) is 13.5. The van der Waals surface area contributed by atoms with Gasteiger partial charge in [-0.25, -0.2) is 0 Å². The lowest BCUT2D eigenvalue weighted by atomic mass is 9.68. The minimum atomic E-state index is -0.539. The first-order valence-electron chi connectivity index (χ1n) is 8.86. The van der Waals surface area contributed by atoms with Crippen molar-refractivity contribution >= 4 is 5.91 Å². The molecule has 1 amide bonds. The van der Waals surface area contributed by atoms with Gasteiger partial charge in [-0.05, 0) is 68.6 Å². The van der Waals surface area contributed by atoms with Gasteiger partial charge in [-0.1, -0.05) is 12.1 Å². The topological polar surface area (TPSA) is 69.6 Å². The molecule has 1 aromatic carbocycles. The first kappa shape index (κ1) is 15.0. The van der Waals surface area contributed by atoms with Crippen LogP contribution in [0.15, 0.2) is 18.2 Å². The van der Waals surface area contributed by atoms with Crippen molar-refractivity contribution in [3.05, 3.63) is 29.3 Å².